The number of rotatable bonds is 5. The Morgan fingerprint density at radius 2 is 2.00 bits per heavy atom. The van der Waals surface area contributed by atoms with Gasteiger partial charge in [-0.1, -0.05) is 22.0 Å². The first-order valence-corrected chi connectivity index (χ1v) is 9.12. The van der Waals surface area contributed by atoms with Crippen LogP contribution in [0.15, 0.2) is 51.8 Å². The fraction of sp³-hybridized carbons (Fsp3) is 0.133. The highest BCUT2D eigenvalue weighted by Crippen LogP contribution is 2.21. The van der Waals surface area contributed by atoms with Crippen LogP contribution in [-0.2, 0) is 14.6 Å². The molecule has 5 nitrogen and oxygen atoms in total. The molecule has 0 spiro atoms. The van der Waals surface area contributed by atoms with E-state index >= 15 is 0 Å². The minimum Gasteiger partial charge on any atom is -0.481 e. The van der Waals surface area contributed by atoms with Crippen LogP contribution in [0.4, 0.5) is 10.1 Å². The Hall–Kier alpha value is -1.93. The molecule has 0 heterocycles. The van der Waals surface area contributed by atoms with Crippen molar-refractivity contribution in [2.24, 2.45) is 0 Å². The molecule has 0 atom stereocenters. The average Bonchev–Trinajstić information content (AvgIpc) is 2.45. The Morgan fingerprint density at radius 1 is 1.26 bits per heavy atom. The van der Waals surface area contributed by atoms with Gasteiger partial charge in [0.1, 0.15) is 0 Å². The van der Waals surface area contributed by atoms with Gasteiger partial charge in [0.05, 0.1) is 4.90 Å². The summed E-state index contributed by atoms with van der Waals surface area (Å²) in [5.74, 6) is -1.17. The number of halogens is 2. The number of carbonyl (C=O) groups is 1. The third-order valence-electron chi connectivity index (χ3n) is 2.80. The standard InChI is InChI=1S/C15H13BrFNO4S/c1-23(20,21)12-4-2-3-11(8-12)18-15(19)9-22-14-6-5-10(16)7-13(14)17/h2-8H,9H2,1H3,(H,18,19). The predicted molar refractivity (Wildman–Crippen MR) is 87.8 cm³/mol. The monoisotopic (exact) mass is 401 g/mol. The van der Waals surface area contributed by atoms with Crippen LogP contribution >= 0.6 is 15.9 Å². The Bertz CT molecular complexity index is 839. The number of hydrogen-bond acceptors (Lipinski definition) is 4. The van der Waals surface area contributed by atoms with E-state index in [0.717, 1.165) is 6.26 Å². The van der Waals surface area contributed by atoms with Gasteiger partial charge in [-0.2, -0.15) is 0 Å². The summed E-state index contributed by atoms with van der Waals surface area (Å²) >= 11 is 3.12. The van der Waals surface area contributed by atoms with Crippen molar-refractivity contribution in [3.63, 3.8) is 0 Å². The van der Waals surface area contributed by atoms with Gasteiger partial charge in [0.2, 0.25) is 0 Å². The van der Waals surface area contributed by atoms with Crippen LogP contribution in [-0.4, -0.2) is 27.2 Å². The minimum absolute atomic E-state index is 0.0479. The Labute approximate surface area is 141 Å². The van der Waals surface area contributed by atoms with Gasteiger partial charge in [0.25, 0.3) is 5.91 Å². The lowest BCUT2D eigenvalue weighted by Crippen LogP contribution is -2.20. The zero-order chi connectivity index (χ0) is 17.0. The van der Waals surface area contributed by atoms with E-state index in [2.05, 4.69) is 21.2 Å². The molecular formula is C15H13BrFNO4S. The maximum absolute atomic E-state index is 13.6. The molecule has 8 heteroatoms. The number of carbonyl (C=O) groups excluding carboxylic acids is 1. The fourth-order valence-electron chi connectivity index (χ4n) is 1.74. The first-order valence-electron chi connectivity index (χ1n) is 6.43. The van der Waals surface area contributed by atoms with Crippen molar-refractivity contribution in [2.75, 3.05) is 18.2 Å². The van der Waals surface area contributed by atoms with Crippen molar-refractivity contribution in [1.29, 1.82) is 0 Å². The second-order valence-corrected chi connectivity index (χ2v) is 7.64. The highest BCUT2D eigenvalue weighted by atomic mass is 79.9. The van der Waals surface area contributed by atoms with Crippen LogP contribution in [0.2, 0.25) is 0 Å². The molecule has 23 heavy (non-hydrogen) atoms. The summed E-state index contributed by atoms with van der Waals surface area (Å²) in [4.78, 5) is 11.9. The van der Waals surface area contributed by atoms with E-state index in [1.54, 1.807) is 12.1 Å². The minimum atomic E-state index is -3.36. The largest absolute Gasteiger partial charge is 0.481 e. The highest BCUT2D eigenvalue weighted by molar-refractivity contribution is 9.10. The first kappa shape index (κ1) is 17.4. The summed E-state index contributed by atoms with van der Waals surface area (Å²) in [6.45, 7) is -0.401. The molecule has 0 saturated carbocycles. The van der Waals surface area contributed by atoms with Crippen molar-refractivity contribution in [1.82, 2.24) is 0 Å². The molecule has 0 unspecified atom stereocenters. The van der Waals surface area contributed by atoms with E-state index in [4.69, 9.17) is 4.74 Å². The quantitative estimate of drug-likeness (QED) is 0.835. The van der Waals surface area contributed by atoms with E-state index in [1.807, 2.05) is 0 Å². The zero-order valence-corrected chi connectivity index (χ0v) is 14.4. The summed E-state index contributed by atoms with van der Waals surface area (Å²) in [6.07, 6.45) is 1.08. The summed E-state index contributed by atoms with van der Waals surface area (Å²) in [5.41, 5.74) is 0.317. The molecule has 0 saturated heterocycles. The molecule has 0 aliphatic heterocycles. The summed E-state index contributed by atoms with van der Waals surface area (Å²) in [7, 11) is -3.36. The van der Waals surface area contributed by atoms with Crippen molar-refractivity contribution < 1.29 is 22.3 Å². The molecule has 0 fully saturated rings. The van der Waals surface area contributed by atoms with Gasteiger partial charge in [0.15, 0.2) is 28.0 Å². The van der Waals surface area contributed by atoms with Crippen molar-refractivity contribution in [3.8, 4) is 5.75 Å². The van der Waals surface area contributed by atoms with Gasteiger partial charge in [-0.3, -0.25) is 4.79 Å². The van der Waals surface area contributed by atoms with Gasteiger partial charge >= 0.3 is 0 Å². The van der Waals surface area contributed by atoms with Gasteiger partial charge in [-0.25, -0.2) is 12.8 Å². The van der Waals surface area contributed by atoms with Crippen LogP contribution in [0.5, 0.6) is 5.75 Å². The van der Waals surface area contributed by atoms with Crippen LogP contribution in [0, 0.1) is 5.82 Å². The molecule has 1 N–H and O–H groups in total. The van der Waals surface area contributed by atoms with Gasteiger partial charge in [0, 0.05) is 16.4 Å². The number of nitrogens with one attached hydrogen (secondary N) is 1. The maximum atomic E-state index is 13.6. The SMILES string of the molecule is CS(=O)(=O)c1cccc(NC(=O)COc2ccc(Br)cc2F)c1. The molecule has 0 aliphatic carbocycles. The molecule has 122 valence electrons. The van der Waals surface area contributed by atoms with Crippen LogP contribution in [0.1, 0.15) is 0 Å². The molecule has 2 aromatic carbocycles. The second kappa shape index (κ2) is 7.10. The van der Waals surface area contributed by atoms with E-state index in [-0.39, 0.29) is 10.6 Å². The van der Waals surface area contributed by atoms with Gasteiger partial charge < -0.3 is 10.1 Å². The van der Waals surface area contributed by atoms with Crippen LogP contribution < -0.4 is 10.1 Å². The fourth-order valence-corrected chi connectivity index (χ4v) is 2.74. The molecule has 2 rings (SSSR count). The number of anilines is 1. The van der Waals surface area contributed by atoms with Crippen molar-refractivity contribution >= 4 is 37.4 Å². The molecule has 0 aromatic heterocycles. The summed E-state index contributed by atoms with van der Waals surface area (Å²) in [6, 6.07) is 10.0. The van der Waals surface area contributed by atoms with E-state index in [9.17, 15) is 17.6 Å². The molecule has 0 bridgehead atoms. The molecule has 2 aromatic rings. The highest BCUT2D eigenvalue weighted by Gasteiger charge is 2.10. The summed E-state index contributed by atoms with van der Waals surface area (Å²) in [5, 5.41) is 2.50. The van der Waals surface area contributed by atoms with E-state index < -0.39 is 28.2 Å². The number of hydrogen-bond donors (Lipinski definition) is 1. The lowest BCUT2D eigenvalue weighted by atomic mass is 10.3. The number of amides is 1. The molecule has 1 amide bonds. The van der Waals surface area contributed by atoms with Gasteiger partial charge in [-0.05, 0) is 36.4 Å². The lowest BCUT2D eigenvalue weighted by molar-refractivity contribution is -0.118. The maximum Gasteiger partial charge on any atom is 0.262 e. The van der Waals surface area contributed by atoms with Crippen LogP contribution in [0.25, 0.3) is 0 Å². The third-order valence-corrected chi connectivity index (χ3v) is 4.40. The molecule has 0 radical (unpaired) electrons. The van der Waals surface area contributed by atoms with E-state index in [1.165, 1.54) is 30.3 Å². The first-order chi connectivity index (χ1) is 10.8. The van der Waals surface area contributed by atoms with E-state index in [0.29, 0.717) is 10.2 Å². The topological polar surface area (TPSA) is 72.5 Å². The summed E-state index contributed by atoms with van der Waals surface area (Å²) < 4.78 is 42.1. The Morgan fingerprint density at radius 3 is 2.65 bits per heavy atom. The smallest absolute Gasteiger partial charge is 0.262 e. The predicted octanol–water partition coefficient (Wildman–Crippen LogP) is 3.01. The average molecular weight is 402 g/mol. The Kier molecular flexibility index (Phi) is 5.38. The lowest BCUT2D eigenvalue weighted by Gasteiger charge is -2.09. The molecule has 0 aliphatic rings. The third kappa shape index (κ3) is 5.04. The Balaban J connectivity index is 2.00. The van der Waals surface area contributed by atoms with Crippen molar-refractivity contribution in [3.05, 3.63) is 52.8 Å². The normalized spacial score (nSPS) is 11.1. The number of benzene rings is 2. The number of sulfone groups is 1. The molecular weight excluding hydrogens is 389 g/mol. The van der Waals surface area contributed by atoms with Crippen LogP contribution in [0.3, 0.4) is 0 Å². The second-order valence-electron chi connectivity index (χ2n) is 4.71. The number of ether oxygens (including phenoxy) is 1. The van der Waals surface area contributed by atoms with Crippen molar-refractivity contribution in [2.45, 2.75) is 4.90 Å². The zero-order valence-electron chi connectivity index (χ0n) is 12.0. The van der Waals surface area contributed by atoms with Gasteiger partial charge in [-0.15, -0.1) is 0 Å².